The maximum atomic E-state index is 12.4. The van der Waals surface area contributed by atoms with Crippen LogP contribution in [0.1, 0.15) is 33.1 Å². The lowest BCUT2D eigenvalue weighted by atomic mass is 9.99. The van der Waals surface area contributed by atoms with Crippen molar-refractivity contribution in [3.63, 3.8) is 0 Å². The van der Waals surface area contributed by atoms with E-state index in [1.165, 1.54) is 4.31 Å². The molecule has 0 radical (unpaired) electrons. The largest absolute Gasteiger partial charge is 0.330 e. The summed E-state index contributed by atoms with van der Waals surface area (Å²) in [6, 6.07) is 0. The molecule has 18 heavy (non-hydrogen) atoms. The first-order valence-corrected chi connectivity index (χ1v) is 8.23. The highest BCUT2D eigenvalue weighted by Gasteiger charge is 2.30. The minimum atomic E-state index is -3.27. The molecular formula is C12H27N3O2S. The first-order valence-electron chi connectivity index (χ1n) is 6.83. The molecule has 1 heterocycles. The summed E-state index contributed by atoms with van der Waals surface area (Å²) in [6.07, 6.45) is 2.76. The van der Waals surface area contributed by atoms with Gasteiger partial charge in [-0.15, -0.1) is 0 Å². The van der Waals surface area contributed by atoms with Crippen LogP contribution in [0.5, 0.6) is 0 Å². The Kier molecular flexibility index (Phi) is 6.04. The number of hydrogen-bond acceptors (Lipinski definition) is 3. The van der Waals surface area contributed by atoms with Crippen molar-refractivity contribution in [1.29, 1.82) is 0 Å². The summed E-state index contributed by atoms with van der Waals surface area (Å²) < 4.78 is 27.8. The normalized spacial score (nSPS) is 21.4. The summed E-state index contributed by atoms with van der Waals surface area (Å²) in [5.74, 6) is 0.877. The fourth-order valence-corrected chi connectivity index (χ4v) is 3.74. The second-order valence-electron chi connectivity index (χ2n) is 5.38. The van der Waals surface area contributed by atoms with Crippen molar-refractivity contribution >= 4 is 10.2 Å². The zero-order valence-electron chi connectivity index (χ0n) is 11.8. The molecule has 108 valence electrons. The maximum absolute atomic E-state index is 12.4. The smallest absolute Gasteiger partial charge is 0.281 e. The first kappa shape index (κ1) is 15.9. The zero-order valence-corrected chi connectivity index (χ0v) is 12.6. The number of nitrogens with two attached hydrogens (primary N) is 1. The van der Waals surface area contributed by atoms with E-state index in [0.29, 0.717) is 38.0 Å². The van der Waals surface area contributed by atoms with Gasteiger partial charge in [0.1, 0.15) is 0 Å². The van der Waals surface area contributed by atoms with Gasteiger partial charge in [-0.05, 0) is 31.2 Å². The first-order chi connectivity index (χ1) is 8.41. The summed E-state index contributed by atoms with van der Waals surface area (Å²) in [5, 5.41) is 0. The van der Waals surface area contributed by atoms with Crippen LogP contribution in [-0.4, -0.2) is 50.3 Å². The lowest BCUT2D eigenvalue weighted by Gasteiger charge is -2.34. The van der Waals surface area contributed by atoms with Gasteiger partial charge in [0.25, 0.3) is 10.2 Å². The fourth-order valence-electron chi connectivity index (χ4n) is 2.24. The molecule has 1 fully saturated rings. The third-order valence-corrected chi connectivity index (χ3v) is 5.85. The molecule has 1 aliphatic heterocycles. The van der Waals surface area contributed by atoms with E-state index in [4.69, 9.17) is 5.73 Å². The third kappa shape index (κ3) is 3.91. The SMILES string of the molecule is CCC(C)CN(C)S(=O)(=O)N1CCC(CN)CC1. The van der Waals surface area contributed by atoms with Crippen LogP contribution in [0, 0.1) is 11.8 Å². The van der Waals surface area contributed by atoms with Crippen LogP contribution < -0.4 is 5.73 Å². The standard InChI is InChI=1S/C12H27N3O2S/c1-4-11(2)10-14(3)18(16,17)15-7-5-12(9-13)6-8-15/h11-12H,4-10,13H2,1-3H3. The second kappa shape index (κ2) is 6.84. The molecule has 1 aliphatic rings. The van der Waals surface area contributed by atoms with Crippen LogP contribution in [0.15, 0.2) is 0 Å². The lowest BCUT2D eigenvalue weighted by Crippen LogP contribution is -2.47. The molecule has 5 nitrogen and oxygen atoms in total. The molecule has 2 N–H and O–H groups in total. The molecule has 0 spiro atoms. The van der Waals surface area contributed by atoms with Crippen molar-refractivity contribution in [3.8, 4) is 0 Å². The van der Waals surface area contributed by atoms with E-state index in [2.05, 4.69) is 13.8 Å². The highest BCUT2D eigenvalue weighted by atomic mass is 32.2. The van der Waals surface area contributed by atoms with Crippen LogP contribution in [0.25, 0.3) is 0 Å². The van der Waals surface area contributed by atoms with Crippen molar-refractivity contribution in [1.82, 2.24) is 8.61 Å². The number of nitrogens with zero attached hydrogens (tertiary/aromatic N) is 2. The van der Waals surface area contributed by atoms with Gasteiger partial charge >= 0.3 is 0 Å². The van der Waals surface area contributed by atoms with Gasteiger partial charge in [-0.25, -0.2) is 0 Å². The Labute approximate surface area is 112 Å². The molecule has 1 rings (SSSR count). The monoisotopic (exact) mass is 277 g/mol. The molecule has 1 saturated heterocycles. The quantitative estimate of drug-likeness (QED) is 0.784. The van der Waals surface area contributed by atoms with E-state index in [-0.39, 0.29) is 0 Å². The molecule has 6 heteroatoms. The molecular weight excluding hydrogens is 250 g/mol. The molecule has 0 aromatic rings. The predicted molar refractivity (Wildman–Crippen MR) is 74.4 cm³/mol. The molecule has 0 amide bonds. The summed E-state index contributed by atoms with van der Waals surface area (Å²) in [7, 11) is -1.60. The van der Waals surface area contributed by atoms with Crippen LogP contribution in [0.4, 0.5) is 0 Å². The van der Waals surface area contributed by atoms with E-state index in [1.54, 1.807) is 11.4 Å². The van der Waals surface area contributed by atoms with E-state index in [0.717, 1.165) is 19.3 Å². The van der Waals surface area contributed by atoms with Crippen molar-refractivity contribution < 1.29 is 8.42 Å². The Balaban J connectivity index is 2.58. The maximum Gasteiger partial charge on any atom is 0.281 e. The van der Waals surface area contributed by atoms with Gasteiger partial charge in [0.05, 0.1) is 0 Å². The molecule has 0 aromatic heterocycles. The summed E-state index contributed by atoms with van der Waals surface area (Å²) in [4.78, 5) is 0. The van der Waals surface area contributed by atoms with Gasteiger partial charge in [-0.3, -0.25) is 0 Å². The minimum Gasteiger partial charge on any atom is -0.330 e. The van der Waals surface area contributed by atoms with Crippen molar-refractivity contribution in [2.45, 2.75) is 33.1 Å². The Morgan fingerprint density at radius 3 is 2.39 bits per heavy atom. The van der Waals surface area contributed by atoms with Gasteiger partial charge in [0, 0.05) is 26.7 Å². The number of piperidine rings is 1. The van der Waals surface area contributed by atoms with Gasteiger partial charge in [-0.1, -0.05) is 20.3 Å². The fraction of sp³-hybridized carbons (Fsp3) is 1.00. The highest BCUT2D eigenvalue weighted by molar-refractivity contribution is 7.86. The van der Waals surface area contributed by atoms with Crippen LogP contribution >= 0.6 is 0 Å². The van der Waals surface area contributed by atoms with Crippen LogP contribution in [-0.2, 0) is 10.2 Å². The van der Waals surface area contributed by atoms with Crippen molar-refractivity contribution in [3.05, 3.63) is 0 Å². The summed E-state index contributed by atoms with van der Waals surface area (Å²) >= 11 is 0. The van der Waals surface area contributed by atoms with E-state index in [9.17, 15) is 8.42 Å². The number of hydrogen-bond donors (Lipinski definition) is 1. The van der Waals surface area contributed by atoms with Crippen LogP contribution in [0.3, 0.4) is 0 Å². The Morgan fingerprint density at radius 1 is 1.39 bits per heavy atom. The van der Waals surface area contributed by atoms with Crippen molar-refractivity contribution in [2.75, 3.05) is 33.2 Å². The Hall–Kier alpha value is -0.170. The molecule has 1 unspecified atom stereocenters. The lowest BCUT2D eigenvalue weighted by molar-refractivity contribution is 0.258. The van der Waals surface area contributed by atoms with E-state index < -0.39 is 10.2 Å². The average molecular weight is 277 g/mol. The van der Waals surface area contributed by atoms with Crippen LogP contribution in [0.2, 0.25) is 0 Å². The van der Waals surface area contributed by atoms with E-state index in [1.807, 2.05) is 0 Å². The summed E-state index contributed by atoms with van der Waals surface area (Å²) in [6.45, 7) is 6.63. The topological polar surface area (TPSA) is 66.6 Å². The molecule has 0 aromatic carbocycles. The molecule has 1 atom stereocenters. The highest BCUT2D eigenvalue weighted by Crippen LogP contribution is 2.20. The van der Waals surface area contributed by atoms with E-state index >= 15 is 0 Å². The third-order valence-electron chi connectivity index (χ3n) is 3.89. The van der Waals surface area contributed by atoms with Gasteiger partial charge in [0.2, 0.25) is 0 Å². The summed E-state index contributed by atoms with van der Waals surface area (Å²) in [5.41, 5.74) is 5.62. The van der Waals surface area contributed by atoms with Gasteiger partial charge in [-0.2, -0.15) is 17.0 Å². The second-order valence-corrected chi connectivity index (χ2v) is 7.42. The molecule has 0 bridgehead atoms. The van der Waals surface area contributed by atoms with Gasteiger partial charge in [0.15, 0.2) is 0 Å². The minimum absolute atomic E-state index is 0.395. The average Bonchev–Trinajstić information content (AvgIpc) is 2.38. The zero-order chi connectivity index (χ0) is 13.8. The Bertz CT molecular complexity index is 337. The molecule has 0 saturated carbocycles. The predicted octanol–water partition coefficient (Wildman–Crippen LogP) is 0.880. The molecule has 0 aliphatic carbocycles. The Morgan fingerprint density at radius 2 is 1.94 bits per heavy atom. The van der Waals surface area contributed by atoms with Gasteiger partial charge < -0.3 is 5.73 Å². The number of rotatable bonds is 6. The van der Waals surface area contributed by atoms with Crippen molar-refractivity contribution in [2.24, 2.45) is 17.6 Å².